The second-order valence-electron chi connectivity index (χ2n) is 3.54. The SMILES string of the molecule is C/C=C/COc1ccncc1CNCCC. The molecule has 88 valence electrons. The second-order valence-corrected chi connectivity index (χ2v) is 3.54. The van der Waals surface area contributed by atoms with Gasteiger partial charge >= 0.3 is 0 Å². The lowest BCUT2D eigenvalue weighted by atomic mass is 10.2. The van der Waals surface area contributed by atoms with Crippen molar-refractivity contribution in [1.82, 2.24) is 10.3 Å². The van der Waals surface area contributed by atoms with Gasteiger partial charge in [0.2, 0.25) is 0 Å². The first-order chi connectivity index (χ1) is 7.88. The Hall–Kier alpha value is -1.35. The fourth-order valence-electron chi connectivity index (χ4n) is 1.32. The van der Waals surface area contributed by atoms with Gasteiger partial charge in [-0.05, 0) is 26.0 Å². The van der Waals surface area contributed by atoms with E-state index in [-0.39, 0.29) is 0 Å². The van der Waals surface area contributed by atoms with Crippen LogP contribution in [0.4, 0.5) is 0 Å². The maximum atomic E-state index is 5.64. The molecule has 0 radical (unpaired) electrons. The highest BCUT2D eigenvalue weighted by Gasteiger charge is 2.01. The van der Waals surface area contributed by atoms with E-state index in [1.165, 1.54) is 0 Å². The molecule has 0 aromatic carbocycles. The van der Waals surface area contributed by atoms with Crippen molar-refractivity contribution in [2.45, 2.75) is 26.8 Å². The van der Waals surface area contributed by atoms with E-state index in [0.29, 0.717) is 6.61 Å². The van der Waals surface area contributed by atoms with Gasteiger partial charge in [-0.15, -0.1) is 0 Å². The van der Waals surface area contributed by atoms with Gasteiger partial charge in [-0.2, -0.15) is 0 Å². The maximum Gasteiger partial charge on any atom is 0.127 e. The Kier molecular flexibility index (Phi) is 6.26. The molecular formula is C13H20N2O. The number of allylic oxidation sites excluding steroid dienone is 1. The van der Waals surface area contributed by atoms with Gasteiger partial charge in [0.05, 0.1) is 0 Å². The van der Waals surface area contributed by atoms with Gasteiger partial charge in [0.25, 0.3) is 0 Å². The molecular weight excluding hydrogens is 200 g/mol. The van der Waals surface area contributed by atoms with Gasteiger partial charge in [-0.25, -0.2) is 0 Å². The summed E-state index contributed by atoms with van der Waals surface area (Å²) in [4.78, 5) is 4.11. The van der Waals surface area contributed by atoms with E-state index in [0.717, 1.165) is 30.8 Å². The van der Waals surface area contributed by atoms with Crippen LogP contribution in [0.25, 0.3) is 0 Å². The van der Waals surface area contributed by atoms with Crippen LogP contribution in [0.15, 0.2) is 30.6 Å². The van der Waals surface area contributed by atoms with Gasteiger partial charge in [0, 0.05) is 24.5 Å². The highest BCUT2D eigenvalue weighted by molar-refractivity contribution is 5.30. The van der Waals surface area contributed by atoms with Crippen LogP contribution in [0.1, 0.15) is 25.8 Å². The molecule has 16 heavy (non-hydrogen) atoms. The van der Waals surface area contributed by atoms with Crippen LogP contribution < -0.4 is 10.1 Å². The zero-order valence-electron chi connectivity index (χ0n) is 10.1. The number of hydrogen-bond acceptors (Lipinski definition) is 3. The van der Waals surface area contributed by atoms with E-state index in [1.807, 2.05) is 31.3 Å². The number of hydrogen-bond donors (Lipinski definition) is 1. The molecule has 0 unspecified atom stereocenters. The normalized spacial score (nSPS) is 10.9. The van der Waals surface area contributed by atoms with Gasteiger partial charge in [0.1, 0.15) is 12.4 Å². The number of pyridine rings is 1. The number of rotatable bonds is 7. The van der Waals surface area contributed by atoms with Crippen molar-refractivity contribution in [3.63, 3.8) is 0 Å². The maximum absolute atomic E-state index is 5.64. The van der Waals surface area contributed by atoms with Crippen molar-refractivity contribution in [3.8, 4) is 5.75 Å². The van der Waals surface area contributed by atoms with Crippen molar-refractivity contribution >= 4 is 0 Å². The Morgan fingerprint density at radius 1 is 1.50 bits per heavy atom. The van der Waals surface area contributed by atoms with Crippen LogP contribution in [0, 0.1) is 0 Å². The molecule has 0 spiro atoms. The fourth-order valence-corrected chi connectivity index (χ4v) is 1.32. The first-order valence-corrected chi connectivity index (χ1v) is 5.76. The smallest absolute Gasteiger partial charge is 0.127 e. The third kappa shape index (κ3) is 4.45. The molecule has 1 rings (SSSR count). The molecule has 3 nitrogen and oxygen atoms in total. The van der Waals surface area contributed by atoms with Gasteiger partial charge < -0.3 is 10.1 Å². The number of nitrogens with zero attached hydrogens (tertiary/aromatic N) is 1. The minimum atomic E-state index is 0.612. The molecule has 0 aliphatic rings. The number of nitrogens with one attached hydrogen (secondary N) is 1. The van der Waals surface area contributed by atoms with Crippen molar-refractivity contribution in [2.75, 3.05) is 13.2 Å². The van der Waals surface area contributed by atoms with Crippen molar-refractivity contribution in [2.24, 2.45) is 0 Å². The summed E-state index contributed by atoms with van der Waals surface area (Å²) in [6.45, 7) is 6.58. The summed E-state index contributed by atoms with van der Waals surface area (Å²) in [6.07, 6.45) is 8.72. The molecule has 1 heterocycles. The summed E-state index contributed by atoms with van der Waals surface area (Å²) in [7, 11) is 0. The van der Waals surface area contributed by atoms with E-state index in [1.54, 1.807) is 6.20 Å². The molecule has 0 aliphatic carbocycles. The first kappa shape index (κ1) is 12.7. The highest BCUT2D eigenvalue weighted by atomic mass is 16.5. The summed E-state index contributed by atoms with van der Waals surface area (Å²) >= 11 is 0. The van der Waals surface area contributed by atoms with Crippen molar-refractivity contribution in [3.05, 3.63) is 36.2 Å². The summed E-state index contributed by atoms with van der Waals surface area (Å²) in [5.41, 5.74) is 1.11. The molecule has 1 aromatic heterocycles. The molecule has 0 saturated carbocycles. The van der Waals surface area contributed by atoms with Crippen LogP contribution in [0.3, 0.4) is 0 Å². The van der Waals surface area contributed by atoms with Crippen LogP contribution >= 0.6 is 0 Å². The predicted octanol–water partition coefficient (Wildman–Crippen LogP) is 2.54. The molecule has 0 saturated heterocycles. The quantitative estimate of drug-likeness (QED) is 0.566. The van der Waals surface area contributed by atoms with Crippen LogP contribution in [0.5, 0.6) is 5.75 Å². The minimum absolute atomic E-state index is 0.612. The average molecular weight is 220 g/mol. The van der Waals surface area contributed by atoms with Gasteiger partial charge in [-0.3, -0.25) is 4.98 Å². The van der Waals surface area contributed by atoms with Crippen LogP contribution in [-0.4, -0.2) is 18.1 Å². The number of ether oxygens (including phenoxy) is 1. The molecule has 0 fully saturated rings. The van der Waals surface area contributed by atoms with Crippen LogP contribution in [0.2, 0.25) is 0 Å². The molecule has 1 aromatic rings. The van der Waals surface area contributed by atoms with E-state index < -0.39 is 0 Å². The predicted molar refractivity (Wildman–Crippen MR) is 66.5 cm³/mol. The topological polar surface area (TPSA) is 34.1 Å². The molecule has 0 bridgehead atoms. The second kappa shape index (κ2) is 7.88. The average Bonchev–Trinajstić information content (AvgIpc) is 2.32. The van der Waals surface area contributed by atoms with Gasteiger partial charge in [-0.1, -0.05) is 19.1 Å². The Morgan fingerprint density at radius 3 is 3.12 bits per heavy atom. The lowest BCUT2D eigenvalue weighted by molar-refractivity contribution is 0.357. The highest BCUT2D eigenvalue weighted by Crippen LogP contribution is 2.16. The lowest BCUT2D eigenvalue weighted by Crippen LogP contribution is -2.14. The Bertz CT molecular complexity index is 323. The van der Waals surface area contributed by atoms with Crippen LogP contribution in [-0.2, 0) is 6.54 Å². The van der Waals surface area contributed by atoms with E-state index in [4.69, 9.17) is 4.74 Å². The first-order valence-electron chi connectivity index (χ1n) is 5.76. The Balaban J connectivity index is 2.53. The molecule has 0 amide bonds. The Morgan fingerprint density at radius 2 is 2.38 bits per heavy atom. The summed E-state index contributed by atoms with van der Waals surface area (Å²) < 4.78 is 5.64. The molecule has 3 heteroatoms. The van der Waals surface area contributed by atoms with E-state index >= 15 is 0 Å². The van der Waals surface area contributed by atoms with Crippen molar-refractivity contribution in [1.29, 1.82) is 0 Å². The lowest BCUT2D eigenvalue weighted by Gasteiger charge is -2.09. The summed E-state index contributed by atoms with van der Waals surface area (Å²) in [6, 6.07) is 1.91. The van der Waals surface area contributed by atoms with E-state index in [9.17, 15) is 0 Å². The zero-order valence-corrected chi connectivity index (χ0v) is 10.1. The zero-order chi connectivity index (χ0) is 11.6. The number of aromatic nitrogens is 1. The minimum Gasteiger partial charge on any atom is -0.489 e. The monoisotopic (exact) mass is 220 g/mol. The van der Waals surface area contributed by atoms with Gasteiger partial charge in [0.15, 0.2) is 0 Å². The molecule has 0 atom stereocenters. The largest absolute Gasteiger partial charge is 0.489 e. The summed E-state index contributed by atoms with van der Waals surface area (Å²) in [5.74, 6) is 0.914. The molecule has 0 aliphatic heterocycles. The molecule has 1 N–H and O–H groups in total. The standard InChI is InChI=1S/C13H20N2O/c1-3-5-9-16-13-6-8-15-11-12(13)10-14-7-4-2/h3,5-6,8,11,14H,4,7,9-10H2,1-2H3/b5-3+. The van der Waals surface area contributed by atoms with E-state index in [2.05, 4.69) is 17.2 Å². The third-order valence-corrected chi connectivity index (χ3v) is 2.17. The summed E-state index contributed by atoms with van der Waals surface area (Å²) in [5, 5.41) is 3.34. The Labute approximate surface area is 97.5 Å². The van der Waals surface area contributed by atoms with Crippen molar-refractivity contribution < 1.29 is 4.74 Å². The third-order valence-electron chi connectivity index (χ3n) is 2.17. The fraction of sp³-hybridized carbons (Fsp3) is 0.462.